The van der Waals surface area contributed by atoms with Crippen molar-refractivity contribution in [3.63, 3.8) is 0 Å². The summed E-state index contributed by atoms with van der Waals surface area (Å²) >= 11 is 0. The van der Waals surface area contributed by atoms with Gasteiger partial charge in [0.05, 0.1) is 0 Å². The fourth-order valence-electron chi connectivity index (χ4n) is 2.12. The Labute approximate surface area is 108 Å². The second kappa shape index (κ2) is 5.65. The number of anilines is 1. The minimum atomic E-state index is 0.562. The van der Waals surface area contributed by atoms with Crippen molar-refractivity contribution < 1.29 is 0 Å². The van der Waals surface area contributed by atoms with E-state index in [1.54, 1.807) is 0 Å². The molecule has 0 aliphatic carbocycles. The average molecular weight is 241 g/mol. The van der Waals surface area contributed by atoms with Gasteiger partial charge in [-0.3, -0.25) is 4.98 Å². The Morgan fingerprint density at radius 2 is 2.00 bits per heavy atom. The maximum Gasteiger partial charge on any atom is 0.0441 e. The number of nitrogens with two attached hydrogens (primary N) is 1. The molecule has 0 aliphatic heterocycles. The van der Waals surface area contributed by atoms with Gasteiger partial charge in [0.15, 0.2) is 0 Å². The molecule has 1 aromatic heterocycles. The first-order valence-corrected chi connectivity index (χ1v) is 6.10. The molecule has 94 valence electrons. The Kier molecular flexibility index (Phi) is 3.95. The number of rotatable bonds is 4. The zero-order valence-electron chi connectivity index (χ0n) is 10.9. The Morgan fingerprint density at radius 3 is 2.72 bits per heavy atom. The van der Waals surface area contributed by atoms with E-state index in [9.17, 15) is 0 Å². The molecule has 0 fully saturated rings. The second-order valence-corrected chi connectivity index (χ2v) is 4.56. The summed E-state index contributed by atoms with van der Waals surface area (Å²) < 4.78 is 0. The van der Waals surface area contributed by atoms with Gasteiger partial charge < -0.3 is 10.6 Å². The van der Waals surface area contributed by atoms with Crippen LogP contribution in [0.25, 0.3) is 0 Å². The van der Waals surface area contributed by atoms with Crippen molar-refractivity contribution in [2.45, 2.75) is 20.0 Å². The van der Waals surface area contributed by atoms with Gasteiger partial charge in [0.2, 0.25) is 0 Å². The first-order valence-electron chi connectivity index (χ1n) is 6.10. The number of aryl methyl sites for hydroxylation is 1. The first kappa shape index (κ1) is 12.6. The van der Waals surface area contributed by atoms with Crippen molar-refractivity contribution in [1.29, 1.82) is 0 Å². The third-order valence-electron chi connectivity index (χ3n) is 2.97. The van der Waals surface area contributed by atoms with E-state index in [-0.39, 0.29) is 0 Å². The van der Waals surface area contributed by atoms with Crippen LogP contribution in [-0.2, 0) is 13.1 Å². The van der Waals surface area contributed by atoms with Crippen molar-refractivity contribution in [3.8, 4) is 0 Å². The van der Waals surface area contributed by atoms with Gasteiger partial charge in [0, 0.05) is 38.2 Å². The van der Waals surface area contributed by atoms with Crippen LogP contribution in [0.3, 0.4) is 0 Å². The van der Waals surface area contributed by atoms with Crippen LogP contribution in [0.4, 0.5) is 5.69 Å². The monoisotopic (exact) mass is 241 g/mol. The number of hydrogen-bond donors (Lipinski definition) is 1. The third kappa shape index (κ3) is 2.87. The van der Waals surface area contributed by atoms with E-state index in [2.05, 4.69) is 42.1 Å². The SMILES string of the molecule is Cc1cncc(CN(C)c2ccccc2CN)c1. The van der Waals surface area contributed by atoms with E-state index in [4.69, 9.17) is 5.73 Å². The van der Waals surface area contributed by atoms with Crippen molar-refractivity contribution in [1.82, 2.24) is 4.98 Å². The third-order valence-corrected chi connectivity index (χ3v) is 2.97. The zero-order chi connectivity index (χ0) is 13.0. The smallest absolute Gasteiger partial charge is 0.0441 e. The first-order chi connectivity index (χ1) is 8.70. The predicted octanol–water partition coefficient (Wildman–Crippen LogP) is 2.49. The van der Waals surface area contributed by atoms with Gasteiger partial charge in [-0.2, -0.15) is 0 Å². The van der Waals surface area contributed by atoms with E-state index < -0.39 is 0 Å². The number of para-hydroxylation sites is 1. The van der Waals surface area contributed by atoms with Gasteiger partial charge >= 0.3 is 0 Å². The van der Waals surface area contributed by atoms with Gasteiger partial charge in [-0.25, -0.2) is 0 Å². The molecule has 0 bridgehead atoms. The van der Waals surface area contributed by atoms with Crippen LogP contribution in [0, 0.1) is 6.92 Å². The molecule has 2 N–H and O–H groups in total. The fourth-order valence-corrected chi connectivity index (χ4v) is 2.12. The van der Waals surface area contributed by atoms with Crippen LogP contribution in [0.1, 0.15) is 16.7 Å². The molecule has 0 aliphatic rings. The summed E-state index contributed by atoms with van der Waals surface area (Å²) in [5, 5.41) is 0. The van der Waals surface area contributed by atoms with E-state index in [1.807, 2.05) is 24.5 Å². The lowest BCUT2D eigenvalue weighted by molar-refractivity contribution is 0.896. The molecule has 2 rings (SSSR count). The number of aromatic nitrogens is 1. The van der Waals surface area contributed by atoms with Crippen molar-refractivity contribution in [2.24, 2.45) is 5.73 Å². The molecule has 3 heteroatoms. The molecule has 1 heterocycles. The largest absolute Gasteiger partial charge is 0.370 e. The Hall–Kier alpha value is -1.87. The molecular weight excluding hydrogens is 222 g/mol. The maximum absolute atomic E-state index is 5.77. The topological polar surface area (TPSA) is 42.2 Å². The van der Waals surface area contributed by atoms with Crippen LogP contribution < -0.4 is 10.6 Å². The molecule has 0 radical (unpaired) electrons. The summed E-state index contributed by atoms with van der Waals surface area (Å²) in [6.07, 6.45) is 3.78. The molecule has 0 spiro atoms. The van der Waals surface area contributed by atoms with Crippen LogP contribution in [0.15, 0.2) is 42.7 Å². The van der Waals surface area contributed by atoms with Crippen LogP contribution in [0.2, 0.25) is 0 Å². The molecular formula is C15H19N3. The van der Waals surface area contributed by atoms with E-state index >= 15 is 0 Å². The lowest BCUT2D eigenvalue weighted by Crippen LogP contribution is -2.19. The molecule has 0 atom stereocenters. The standard InChI is InChI=1S/C15H19N3/c1-12-7-13(10-17-9-12)11-18(2)15-6-4-3-5-14(15)8-16/h3-7,9-10H,8,11,16H2,1-2H3. The summed E-state index contributed by atoms with van der Waals surface area (Å²) in [5.74, 6) is 0. The van der Waals surface area contributed by atoms with Crippen LogP contribution in [0.5, 0.6) is 0 Å². The van der Waals surface area contributed by atoms with Gasteiger partial charge in [-0.05, 0) is 29.7 Å². The molecule has 0 amide bonds. The summed E-state index contributed by atoms with van der Waals surface area (Å²) in [4.78, 5) is 6.43. The molecule has 1 aromatic carbocycles. The summed E-state index contributed by atoms with van der Waals surface area (Å²) in [6.45, 7) is 3.46. The van der Waals surface area contributed by atoms with Gasteiger partial charge in [0.1, 0.15) is 0 Å². The summed E-state index contributed by atoms with van der Waals surface area (Å²) in [6, 6.07) is 10.4. The van der Waals surface area contributed by atoms with Crippen molar-refractivity contribution in [2.75, 3.05) is 11.9 Å². The molecule has 2 aromatic rings. The van der Waals surface area contributed by atoms with E-state index in [1.165, 1.54) is 22.4 Å². The highest BCUT2D eigenvalue weighted by Gasteiger charge is 2.06. The van der Waals surface area contributed by atoms with Gasteiger partial charge in [0.25, 0.3) is 0 Å². The van der Waals surface area contributed by atoms with Gasteiger partial charge in [-0.1, -0.05) is 24.3 Å². The number of nitrogens with zero attached hydrogens (tertiary/aromatic N) is 2. The van der Waals surface area contributed by atoms with Crippen LogP contribution in [-0.4, -0.2) is 12.0 Å². The fraction of sp³-hybridized carbons (Fsp3) is 0.267. The Morgan fingerprint density at radius 1 is 1.22 bits per heavy atom. The number of hydrogen-bond acceptors (Lipinski definition) is 3. The zero-order valence-corrected chi connectivity index (χ0v) is 10.9. The quantitative estimate of drug-likeness (QED) is 0.894. The molecule has 0 unspecified atom stereocenters. The lowest BCUT2D eigenvalue weighted by Gasteiger charge is -2.22. The minimum Gasteiger partial charge on any atom is -0.370 e. The predicted molar refractivity (Wildman–Crippen MR) is 75.4 cm³/mol. The van der Waals surface area contributed by atoms with Gasteiger partial charge in [-0.15, -0.1) is 0 Å². The highest BCUT2D eigenvalue weighted by atomic mass is 15.1. The minimum absolute atomic E-state index is 0.562. The maximum atomic E-state index is 5.77. The average Bonchev–Trinajstić information content (AvgIpc) is 2.38. The molecule has 0 saturated heterocycles. The van der Waals surface area contributed by atoms with Crippen molar-refractivity contribution >= 4 is 5.69 Å². The highest BCUT2D eigenvalue weighted by molar-refractivity contribution is 5.53. The summed E-state index contributed by atoms with van der Waals surface area (Å²) in [5.41, 5.74) is 10.5. The molecule has 0 saturated carbocycles. The second-order valence-electron chi connectivity index (χ2n) is 4.56. The molecule has 18 heavy (non-hydrogen) atoms. The Bertz CT molecular complexity index is 523. The Balaban J connectivity index is 2.19. The molecule has 3 nitrogen and oxygen atoms in total. The number of benzene rings is 1. The van der Waals surface area contributed by atoms with E-state index in [0.29, 0.717) is 6.54 Å². The van der Waals surface area contributed by atoms with Crippen molar-refractivity contribution in [3.05, 3.63) is 59.4 Å². The number of pyridine rings is 1. The van der Waals surface area contributed by atoms with Crippen LogP contribution >= 0.6 is 0 Å². The summed E-state index contributed by atoms with van der Waals surface area (Å²) in [7, 11) is 2.08. The lowest BCUT2D eigenvalue weighted by atomic mass is 10.1. The normalized spacial score (nSPS) is 10.4. The highest BCUT2D eigenvalue weighted by Crippen LogP contribution is 2.20. The van der Waals surface area contributed by atoms with E-state index in [0.717, 1.165) is 6.54 Å².